The number of hydrogen-bond acceptors (Lipinski definition) is 2. The van der Waals surface area contributed by atoms with E-state index < -0.39 is 23.3 Å². The Morgan fingerprint density at radius 1 is 1.41 bits per heavy atom. The van der Waals surface area contributed by atoms with Gasteiger partial charge in [0.05, 0.1) is 10.1 Å². The number of methoxy groups -OCH3 is 1. The molecule has 0 amide bonds. The Morgan fingerprint density at radius 3 is 2.53 bits per heavy atom. The van der Waals surface area contributed by atoms with Crippen molar-refractivity contribution < 1.29 is 13.5 Å². The zero-order valence-electron chi connectivity index (χ0n) is 10.1. The van der Waals surface area contributed by atoms with Gasteiger partial charge >= 0.3 is 0 Å². The van der Waals surface area contributed by atoms with Crippen molar-refractivity contribution in [1.82, 2.24) is 0 Å². The van der Waals surface area contributed by atoms with Crippen molar-refractivity contribution in [2.45, 2.75) is 31.9 Å². The molecule has 0 aromatic heterocycles. The zero-order valence-corrected chi connectivity index (χ0v) is 11.6. The van der Waals surface area contributed by atoms with E-state index >= 15 is 0 Å². The summed E-state index contributed by atoms with van der Waals surface area (Å²) in [5.74, 6) is -1.28. The molecule has 0 bridgehead atoms. The van der Waals surface area contributed by atoms with E-state index in [1.54, 1.807) is 7.11 Å². The highest BCUT2D eigenvalue weighted by molar-refractivity contribution is 9.10. The fourth-order valence-electron chi connectivity index (χ4n) is 1.60. The van der Waals surface area contributed by atoms with Gasteiger partial charge < -0.3 is 10.5 Å². The first-order chi connectivity index (χ1) is 7.78. The van der Waals surface area contributed by atoms with Crippen molar-refractivity contribution in [3.8, 4) is 0 Å². The lowest BCUT2D eigenvalue weighted by Crippen LogP contribution is -2.29. The Morgan fingerprint density at radius 2 is 2.00 bits per heavy atom. The molecule has 1 rings (SSSR count). The van der Waals surface area contributed by atoms with Gasteiger partial charge in [-0.05, 0) is 48.3 Å². The Labute approximate surface area is 108 Å². The van der Waals surface area contributed by atoms with E-state index in [4.69, 9.17) is 10.5 Å². The average Bonchev–Trinajstić information content (AvgIpc) is 2.23. The maximum atomic E-state index is 13.8. The Hall–Kier alpha value is -0.520. The smallest absolute Gasteiger partial charge is 0.145 e. The molecular formula is C12H16BrF2NO. The van der Waals surface area contributed by atoms with E-state index in [0.717, 1.165) is 0 Å². The van der Waals surface area contributed by atoms with Gasteiger partial charge in [0.15, 0.2) is 0 Å². The number of hydrogen-bond donors (Lipinski definition) is 1. The molecule has 0 saturated carbocycles. The molecule has 0 saturated heterocycles. The number of nitrogens with two attached hydrogens (primary N) is 1. The molecule has 0 spiro atoms. The molecule has 5 heteroatoms. The van der Waals surface area contributed by atoms with Crippen LogP contribution in [-0.2, 0) is 4.74 Å². The summed E-state index contributed by atoms with van der Waals surface area (Å²) in [6.45, 7) is 3.64. The van der Waals surface area contributed by atoms with E-state index in [1.807, 2.05) is 13.8 Å². The van der Waals surface area contributed by atoms with E-state index in [2.05, 4.69) is 15.9 Å². The second-order valence-corrected chi connectivity index (χ2v) is 5.39. The SMILES string of the molecule is COC(C)(C)CC(N)c1c(F)ccc(Br)c1F. The van der Waals surface area contributed by atoms with E-state index in [-0.39, 0.29) is 10.0 Å². The summed E-state index contributed by atoms with van der Waals surface area (Å²) in [7, 11) is 1.54. The number of rotatable bonds is 4. The van der Waals surface area contributed by atoms with Crippen LogP contribution in [0.5, 0.6) is 0 Å². The molecule has 0 fully saturated rings. The van der Waals surface area contributed by atoms with Crippen LogP contribution in [0.2, 0.25) is 0 Å². The van der Waals surface area contributed by atoms with Gasteiger partial charge in [-0.25, -0.2) is 8.78 Å². The first-order valence-corrected chi connectivity index (χ1v) is 6.02. The van der Waals surface area contributed by atoms with Crippen LogP contribution in [0, 0.1) is 11.6 Å². The fourth-order valence-corrected chi connectivity index (χ4v) is 1.94. The topological polar surface area (TPSA) is 35.2 Å². The molecule has 0 heterocycles. The molecule has 17 heavy (non-hydrogen) atoms. The minimum Gasteiger partial charge on any atom is -0.379 e. The van der Waals surface area contributed by atoms with Crippen LogP contribution >= 0.6 is 15.9 Å². The van der Waals surface area contributed by atoms with E-state index in [0.29, 0.717) is 6.42 Å². The highest BCUT2D eigenvalue weighted by atomic mass is 79.9. The van der Waals surface area contributed by atoms with Crippen LogP contribution in [0.4, 0.5) is 8.78 Å². The van der Waals surface area contributed by atoms with Gasteiger partial charge in [0.25, 0.3) is 0 Å². The minimum absolute atomic E-state index is 0.107. The lowest BCUT2D eigenvalue weighted by molar-refractivity contribution is 0.00949. The van der Waals surface area contributed by atoms with E-state index in [9.17, 15) is 8.78 Å². The molecule has 0 aliphatic carbocycles. The molecule has 2 N–H and O–H groups in total. The number of ether oxygens (including phenoxy) is 1. The maximum absolute atomic E-state index is 13.8. The standard InChI is InChI=1S/C12H16BrF2NO/c1-12(2,17-3)6-9(16)10-8(14)5-4-7(13)11(10)15/h4-5,9H,6,16H2,1-3H3. The third kappa shape index (κ3) is 3.47. The highest BCUT2D eigenvalue weighted by Gasteiger charge is 2.26. The van der Waals surface area contributed by atoms with Gasteiger partial charge in [-0.3, -0.25) is 0 Å². The quantitative estimate of drug-likeness (QED) is 0.864. The molecule has 1 aromatic carbocycles. The number of benzene rings is 1. The van der Waals surface area contributed by atoms with Gasteiger partial charge in [-0.2, -0.15) is 0 Å². The van der Waals surface area contributed by atoms with Crippen LogP contribution in [-0.4, -0.2) is 12.7 Å². The van der Waals surface area contributed by atoms with Crippen LogP contribution in [0.1, 0.15) is 31.9 Å². The molecule has 0 aliphatic heterocycles. The average molecular weight is 308 g/mol. The molecule has 0 radical (unpaired) electrons. The normalized spacial score (nSPS) is 13.8. The molecular weight excluding hydrogens is 292 g/mol. The predicted octanol–water partition coefficient (Wildman–Crippen LogP) is 3.54. The summed E-state index contributed by atoms with van der Waals surface area (Å²) < 4.78 is 32.8. The largest absolute Gasteiger partial charge is 0.379 e. The summed E-state index contributed by atoms with van der Waals surface area (Å²) in [4.78, 5) is 0. The minimum atomic E-state index is -0.748. The Bertz CT molecular complexity index is 410. The Balaban J connectivity index is 3.04. The Kier molecular flexibility index (Phi) is 4.63. The second-order valence-electron chi connectivity index (χ2n) is 4.53. The maximum Gasteiger partial charge on any atom is 0.145 e. The third-order valence-corrected chi connectivity index (χ3v) is 3.33. The molecule has 96 valence electrons. The summed E-state index contributed by atoms with van der Waals surface area (Å²) in [6, 6.07) is 1.77. The van der Waals surface area contributed by atoms with Crippen molar-refractivity contribution in [2.24, 2.45) is 5.73 Å². The first kappa shape index (κ1) is 14.5. The van der Waals surface area contributed by atoms with Crippen LogP contribution < -0.4 is 5.73 Å². The monoisotopic (exact) mass is 307 g/mol. The third-order valence-electron chi connectivity index (χ3n) is 2.71. The van der Waals surface area contributed by atoms with Crippen molar-refractivity contribution in [2.75, 3.05) is 7.11 Å². The highest BCUT2D eigenvalue weighted by Crippen LogP contribution is 2.30. The van der Waals surface area contributed by atoms with Crippen molar-refractivity contribution in [3.05, 3.63) is 33.8 Å². The van der Waals surface area contributed by atoms with E-state index in [1.165, 1.54) is 12.1 Å². The lowest BCUT2D eigenvalue weighted by atomic mass is 9.93. The van der Waals surface area contributed by atoms with Crippen molar-refractivity contribution in [3.63, 3.8) is 0 Å². The lowest BCUT2D eigenvalue weighted by Gasteiger charge is -2.27. The van der Waals surface area contributed by atoms with Gasteiger partial charge in [0.2, 0.25) is 0 Å². The second kappa shape index (κ2) is 5.42. The summed E-state index contributed by atoms with van der Waals surface area (Å²) >= 11 is 3.02. The zero-order chi connectivity index (χ0) is 13.2. The van der Waals surface area contributed by atoms with Crippen LogP contribution in [0.3, 0.4) is 0 Å². The van der Waals surface area contributed by atoms with Crippen molar-refractivity contribution >= 4 is 15.9 Å². The summed E-state index contributed by atoms with van der Waals surface area (Å²) in [5, 5.41) is 0. The summed E-state index contributed by atoms with van der Waals surface area (Å²) in [5.41, 5.74) is 5.21. The van der Waals surface area contributed by atoms with Crippen molar-refractivity contribution in [1.29, 1.82) is 0 Å². The molecule has 2 nitrogen and oxygen atoms in total. The molecule has 1 atom stereocenters. The summed E-state index contributed by atoms with van der Waals surface area (Å²) in [6.07, 6.45) is 0.327. The van der Waals surface area contributed by atoms with Gasteiger partial charge in [-0.15, -0.1) is 0 Å². The predicted molar refractivity (Wildman–Crippen MR) is 66.7 cm³/mol. The van der Waals surface area contributed by atoms with Gasteiger partial charge in [0, 0.05) is 18.7 Å². The van der Waals surface area contributed by atoms with Crippen LogP contribution in [0.25, 0.3) is 0 Å². The molecule has 1 aromatic rings. The first-order valence-electron chi connectivity index (χ1n) is 5.22. The molecule has 1 unspecified atom stereocenters. The van der Waals surface area contributed by atoms with Gasteiger partial charge in [-0.1, -0.05) is 0 Å². The number of halogens is 3. The van der Waals surface area contributed by atoms with Gasteiger partial charge in [0.1, 0.15) is 11.6 Å². The van der Waals surface area contributed by atoms with Crippen LogP contribution in [0.15, 0.2) is 16.6 Å². The fraction of sp³-hybridized carbons (Fsp3) is 0.500. The molecule has 0 aliphatic rings.